The number of aliphatic carboxylic acids is 1. The molecule has 182 valence electrons. The van der Waals surface area contributed by atoms with Gasteiger partial charge in [-0.3, -0.25) is 4.79 Å². The molecule has 1 heterocycles. The molecule has 3 N–H and O–H groups in total. The normalized spacial score (nSPS) is 13.7. The Morgan fingerprint density at radius 3 is 2.24 bits per heavy atom. The standard InChI is InChI=1S/C22H30FN3O6S/c1-13(2)20-18(10-9-16(27)11-17(28)12-19(29)30)21(14-5-7-15(23)8-6-14)25-22(24-20)26(3)33(4,31)32/h5-8,13,16-17,27-28H,9-12H2,1-4H3,(H,29,30)/t16-,17-/m1/s1. The van der Waals surface area contributed by atoms with Gasteiger partial charge in [0.1, 0.15) is 5.82 Å². The van der Waals surface area contributed by atoms with E-state index < -0.39 is 40.4 Å². The molecule has 0 amide bonds. The summed E-state index contributed by atoms with van der Waals surface area (Å²) >= 11 is 0. The Morgan fingerprint density at radius 2 is 1.73 bits per heavy atom. The molecule has 0 unspecified atom stereocenters. The predicted molar refractivity (Wildman–Crippen MR) is 122 cm³/mol. The Kier molecular flexibility index (Phi) is 8.87. The van der Waals surface area contributed by atoms with E-state index in [1.807, 2.05) is 13.8 Å². The first-order valence-corrected chi connectivity index (χ1v) is 12.3. The van der Waals surface area contributed by atoms with E-state index in [4.69, 9.17) is 5.11 Å². The SMILES string of the molecule is CC(C)c1nc(N(C)S(C)(=O)=O)nc(-c2ccc(F)cc2)c1CC[C@@H](O)C[C@@H](O)CC(=O)O. The molecule has 33 heavy (non-hydrogen) atoms. The molecule has 1 aromatic heterocycles. The molecule has 0 fully saturated rings. The third kappa shape index (κ3) is 7.44. The van der Waals surface area contributed by atoms with Crippen LogP contribution in [0.1, 0.15) is 50.3 Å². The summed E-state index contributed by atoms with van der Waals surface area (Å²) in [6, 6.07) is 5.60. The molecule has 0 aliphatic rings. The molecule has 0 aliphatic carbocycles. The van der Waals surface area contributed by atoms with Crippen molar-refractivity contribution in [3.8, 4) is 11.3 Å². The maximum absolute atomic E-state index is 13.5. The Morgan fingerprint density at radius 1 is 1.12 bits per heavy atom. The van der Waals surface area contributed by atoms with Crippen LogP contribution in [0.2, 0.25) is 0 Å². The number of sulfonamides is 1. The van der Waals surface area contributed by atoms with Gasteiger partial charge in [0.2, 0.25) is 16.0 Å². The van der Waals surface area contributed by atoms with Gasteiger partial charge in [0.15, 0.2) is 0 Å². The van der Waals surface area contributed by atoms with Gasteiger partial charge in [-0.15, -0.1) is 0 Å². The maximum atomic E-state index is 13.5. The zero-order valence-electron chi connectivity index (χ0n) is 19.1. The lowest BCUT2D eigenvalue weighted by atomic mass is 9.93. The number of aromatic nitrogens is 2. The van der Waals surface area contributed by atoms with Gasteiger partial charge in [-0.1, -0.05) is 13.8 Å². The van der Waals surface area contributed by atoms with Gasteiger partial charge in [-0.2, -0.15) is 0 Å². The lowest BCUT2D eigenvalue weighted by Gasteiger charge is -2.22. The number of aliphatic hydroxyl groups is 2. The summed E-state index contributed by atoms with van der Waals surface area (Å²) in [5.41, 5.74) is 2.21. The van der Waals surface area contributed by atoms with E-state index >= 15 is 0 Å². The van der Waals surface area contributed by atoms with Crippen molar-refractivity contribution in [2.45, 2.75) is 57.7 Å². The predicted octanol–water partition coefficient (Wildman–Crippen LogP) is 2.32. The van der Waals surface area contributed by atoms with Crippen molar-refractivity contribution >= 4 is 21.9 Å². The van der Waals surface area contributed by atoms with E-state index in [9.17, 15) is 27.8 Å². The first kappa shape index (κ1) is 26.6. The number of aliphatic hydroxyl groups excluding tert-OH is 2. The fourth-order valence-corrected chi connectivity index (χ4v) is 3.75. The Hall–Kier alpha value is -2.63. The number of carboxylic acids is 1. The molecule has 0 bridgehead atoms. The number of nitrogens with zero attached hydrogens (tertiary/aromatic N) is 3. The maximum Gasteiger partial charge on any atom is 0.305 e. The first-order valence-electron chi connectivity index (χ1n) is 10.5. The monoisotopic (exact) mass is 483 g/mol. The topological polar surface area (TPSA) is 141 Å². The van der Waals surface area contributed by atoms with Crippen LogP contribution in [0.25, 0.3) is 11.3 Å². The highest BCUT2D eigenvalue weighted by atomic mass is 32.2. The number of hydrogen-bond acceptors (Lipinski definition) is 7. The van der Waals surface area contributed by atoms with E-state index in [-0.39, 0.29) is 31.1 Å². The van der Waals surface area contributed by atoms with Crippen molar-refractivity contribution in [1.82, 2.24) is 9.97 Å². The molecule has 9 nitrogen and oxygen atoms in total. The van der Waals surface area contributed by atoms with Crippen LogP contribution >= 0.6 is 0 Å². The van der Waals surface area contributed by atoms with Crippen molar-refractivity contribution in [2.75, 3.05) is 17.6 Å². The molecule has 11 heteroatoms. The fraction of sp³-hybridized carbons (Fsp3) is 0.500. The minimum atomic E-state index is -3.63. The van der Waals surface area contributed by atoms with Crippen molar-refractivity contribution < 1.29 is 32.9 Å². The number of hydrogen-bond donors (Lipinski definition) is 3. The molecular formula is C22H30FN3O6S. The van der Waals surface area contributed by atoms with Crippen LogP contribution in [0.4, 0.5) is 10.3 Å². The molecule has 2 rings (SSSR count). The third-order valence-electron chi connectivity index (χ3n) is 5.15. The van der Waals surface area contributed by atoms with Crippen LogP contribution in [0.3, 0.4) is 0 Å². The third-order valence-corrected chi connectivity index (χ3v) is 6.31. The lowest BCUT2D eigenvalue weighted by molar-refractivity contribution is -0.139. The summed E-state index contributed by atoms with van der Waals surface area (Å²) in [6.45, 7) is 3.77. The van der Waals surface area contributed by atoms with E-state index in [0.717, 1.165) is 10.6 Å². The van der Waals surface area contributed by atoms with Gasteiger partial charge in [0.05, 0.1) is 36.3 Å². The average Bonchev–Trinajstić information content (AvgIpc) is 2.70. The quantitative estimate of drug-likeness (QED) is 0.442. The second-order valence-corrected chi connectivity index (χ2v) is 10.3. The molecule has 0 aliphatic heterocycles. The molecule has 2 atom stereocenters. The molecule has 0 saturated carbocycles. The summed E-state index contributed by atoms with van der Waals surface area (Å²) < 4.78 is 38.7. The van der Waals surface area contributed by atoms with Crippen molar-refractivity contribution in [3.05, 3.63) is 41.3 Å². The van der Waals surface area contributed by atoms with Crippen LogP contribution in [0.15, 0.2) is 24.3 Å². The van der Waals surface area contributed by atoms with Crippen LogP contribution in [-0.4, -0.2) is 65.2 Å². The van der Waals surface area contributed by atoms with Crippen LogP contribution in [-0.2, 0) is 21.2 Å². The Bertz CT molecular complexity index is 1080. The summed E-state index contributed by atoms with van der Waals surface area (Å²) in [4.78, 5) is 19.7. The van der Waals surface area contributed by atoms with Gasteiger partial charge in [0.25, 0.3) is 0 Å². The zero-order valence-corrected chi connectivity index (χ0v) is 19.9. The van der Waals surface area contributed by atoms with E-state index in [2.05, 4.69) is 9.97 Å². The van der Waals surface area contributed by atoms with Gasteiger partial charge < -0.3 is 15.3 Å². The molecule has 0 spiro atoms. The highest BCUT2D eigenvalue weighted by Crippen LogP contribution is 2.32. The number of carbonyl (C=O) groups is 1. The second kappa shape index (κ2) is 11.0. The summed E-state index contributed by atoms with van der Waals surface area (Å²) in [6.07, 6.45) is -1.22. The minimum absolute atomic E-state index is 0.0262. The second-order valence-electron chi connectivity index (χ2n) is 8.31. The van der Waals surface area contributed by atoms with E-state index in [0.29, 0.717) is 22.5 Å². The number of carboxylic acid groups (broad SMARTS) is 1. The number of rotatable bonds is 11. The molecule has 2 aromatic rings. The highest BCUT2D eigenvalue weighted by Gasteiger charge is 2.24. The molecule has 0 radical (unpaired) electrons. The first-order chi connectivity index (χ1) is 15.3. The summed E-state index contributed by atoms with van der Waals surface area (Å²) in [5.74, 6) is -1.74. The van der Waals surface area contributed by atoms with Gasteiger partial charge in [-0.05, 0) is 49.4 Å². The molecule has 0 saturated heterocycles. The number of halogens is 1. The average molecular weight is 484 g/mol. The smallest absolute Gasteiger partial charge is 0.305 e. The van der Waals surface area contributed by atoms with Crippen molar-refractivity contribution in [3.63, 3.8) is 0 Å². The zero-order chi connectivity index (χ0) is 24.9. The van der Waals surface area contributed by atoms with E-state index in [1.54, 1.807) is 0 Å². The highest BCUT2D eigenvalue weighted by molar-refractivity contribution is 7.92. The van der Waals surface area contributed by atoms with Gasteiger partial charge in [0, 0.05) is 18.2 Å². The van der Waals surface area contributed by atoms with Gasteiger partial charge >= 0.3 is 5.97 Å². The Labute approximate surface area is 193 Å². The van der Waals surface area contributed by atoms with Crippen LogP contribution < -0.4 is 4.31 Å². The minimum Gasteiger partial charge on any atom is -0.481 e. The summed E-state index contributed by atoms with van der Waals surface area (Å²) in [5, 5.41) is 28.9. The van der Waals surface area contributed by atoms with Crippen molar-refractivity contribution in [1.29, 1.82) is 0 Å². The number of benzene rings is 1. The van der Waals surface area contributed by atoms with E-state index in [1.165, 1.54) is 31.3 Å². The fourth-order valence-electron chi connectivity index (χ4n) is 3.38. The van der Waals surface area contributed by atoms with Crippen LogP contribution in [0.5, 0.6) is 0 Å². The Balaban J connectivity index is 2.50. The molecule has 1 aromatic carbocycles. The molecular weight excluding hydrogens is 453 g/mol. The van der Waals surface area contributed by atoms with Crippen LogP contribution in [0, 0.1) is 5.82 Å². The van der Waals surface area contributed by atoms with Crippen molar-refractivity contribution in [2.24, 2.45) is 0 Å². The number of anilines is 1. The van der Waals surface area contributed by atoms with Gasteiger partial charge in [-0.25, -0.2) is 27.1 Å². The lowest BCUT2D eigenvalue weighted by Crippen LogP contribution is -2.28. The summed E-state index contributed by atoms with van der Waals surface area (Å²) in [7, 11) is -2.29. The largest absolute Gasteiger partial charge is 0.481 e.